The van der Waals surface area contributed by atoms with Crippen molar-refractivity contribution >= 4 is 10.9 Å². The minimum Gasteiger partial charge on any atom is -0.384 e. The lowest BCUT2D eigenvalue weighted by atomic mass is 9.95. The number of aliphatic hydroxyl groups excluding tert-OH is 1. The molecule has 0 amide bonds. The van der Waals surface area contributed by atoms with Crippen molar-refractivity contribution in [3.8, 4) is 0 Å². The normalized spacial score (nSPS) is 12.5. The lowest BCUT2D eigenvalue weighted by Gasteiger charge is -2.16. The second-order valence-corrected chi connectivity index (χ2v) is 4.68. The van der Waals surface area contributed by atoms with Crippen LogP contribution in [-0.2, 0) is 0 Å². The molecule has 3 rings (SSSR count). The van der Waals surface area contributed by atoms with E-state index in [9.17, 15) is 5.11 Å². The zero-order valence-electron chi connectivity index (χ0n) is 10.7. The zero-order valence-corrected chi connectivity index (χ0v) is 10.7. The fraction of sp³-hybridized carbons (Fsp3) is 0.118. The highest BCUT2D eigenvalue weighted by atomic mass is 16.3. The van der Waals surface area contributed by atoms with Gasteiger partial charge >= 0.3 is 0 Å². The molecule has 0 saturated carbocycles. The maximum Gasteiger partial charge on any atom is 0.105 e. The zero-order chi connectivity index (χ0) is 13.2. The Morgan fingerprint density at radius 1 is 0.895 bits per heavy atom. The van der Waals surface area contributed by atoms with E-state index in [0.29, 0.717) is 0 Å². The number of hydrogen-bond acceptors (Lipinski definition) is 2. The largest absolute Gasteiger partial charge is 0.384 e. The second kappa shape index (κ2) is 4.82. The average Bonchev–Trinajstić information content (AvgIpc) is 2.46. The fourth-order valence-corrected chi connectivity index (χ4v) is 2.43. The third-order valence-electron chi connectivity index (χ3n) is 3.46. The van der Waals surface area contributed by atoms with Crippen LogP contribution in [0.3, 0.4) is 0 Å². The van der Waals surface area contributed by atoms with Gasteiger partial charge in [-0.3, -0.25) is 4.98 Å². The smallest absolute Gasteiger partial charge is 0.105 e. The van der Waals surface area contributed by atoms with Gasteiger partial charge in [0.2, 0.25) is 0 Å². The Morgan fingerprint density at radius 2 is 1.68 bits per heavy atom. The van der Waals surface area contributed by atoms with Gasteiger partial charge in [0, 0.05) is 11.6 Å². The third-order valence-corrected chi connectivity index (χ3v) is 3.46. The van der Waals surface area contributed by atoms with Gasteiger partial charge < -0.3 is 5.11 Å². The highest BCUT2D eigenvalue weighted by Gasteiger charge is 2.15. The first-order chi connectivity index (χ1) is 9.27. The molecule has 3 aromatic rings. The molecular formula is C17H15NO. The summed E-state index contributed by atoms with van der Waals surface area (Å²) in [6.07, 6.45) is 1.15. The van der Waals surface area contributed by atoms with Gasteiger partial charge in [0.25, 0.3) is 0 Å². The number of nitrogens with zero attached hydrogens (tertiary/aromatic N) is 1. The number of aryl methyl sites for hydroxylation is 1. The van der Waals surface area contributed by atoms with Gasteiger partial charge in [-0.15, -0.1) is 0 Å². The summed E-state index contributed by atoms with van der Waals surface area (Å²) < 4.78 is 0. The molecule has 94 valence electrons. The number of benzene rings is 2. The Hall–Kier alpha value is -2.19. The summed E-state index contributed by atoms with van der Waals surface area (Å²) in [5.74, 6) is 0. The van der Waals surface area contributed by atoms with Crippen molar-refractivity contribution in [2.75, 3.05) is 0 Å². The van der Waals surface area contributed by atoms with Crippen LogP contribution in [0.4, 0.5) is 0 Å². The van der Waals surface area contributed by atoms with E-state index >= 15 is 0 Å². The van der Waals surface area contributed by atoms with Crippen molar-refractivity contribution < 1.29 is 5.11 Å². The summed E-state index contributed by atoms with van der Waals surface area (Å²) in [7, 11) is 0. The Morgan fingerprint density at radius 3 is 2.53 bits per heavy atom. The molecule has 0 fully saturated rings. The molecule has 0 bridgehead atoms. The van der Waals surface area contributed by atoms with E-state index in [4.69, 9.17) is 0 Å². The summed E-state index contributed by atoms with van der Waals surface area (Å²) >= 11 is 0. The number of fused-ring (bicyclic) bond motifs is 1. The van der Waals surface area contributed by atoms with E-state index in [1.165, 1.54) is 0 Å². The predicted octanol–water partition coefficient (Wildman–Crippen LogP) is 3.62. The van der Waals surface area contributed by atoms with Gasteiger partial charge in [-0.25, -0.2) is 0 Å². The quantitative estimate of drug-likeness (QED) is 0.752. The number of rotatable bonds is 2. The van der Waals surface area contributed by atoms with Gasteiger partial charge in [0.05, 0.1) is 5.52 Å². The molecule has 2 heteroatoms. The SMILES string of the molecule is Cc1ccccc1C(O)c1cccc2ncccc12. The molecule has 1 unspecified atom stereocenters. The summed E-state index contributed by atoms with van der Waals surface area (Å²) in [5.41, 5.74) is 3.85. The van der Waals surface area contributed by atoms with E-state index < -0.39 is 6.10 Å². The Bertz CT molecular complexity index is 716. The van der Waals surface area contributed by atoms with Crippen molar-refractivity contribution in [1.29, 1.82) is 0 Å². The van der Waals surface area contributed by atoms with E-state index in [2.05, 4.69) is 4.98 Å². The van der Waals surface area contributed by atoms with E-state index in [-0.39, 0.29) is 0 Å². The molecule has 0 aliphatic carbocycles. The molecule has 0 radical (unpaired) electrons. The molecule has 1 aromatic heterocycles. The monoisotopic (exact) mass is 249 g/mol. The molecule has 2 aromatic carbocycles. The topological polar surface area (TPSA) is 33.1 Å². The molecule has 19 heavy (non-hydrogen) atoms. The molecule has 1 heterocycles. The van der Waals surface area contributed by atoms with Crippen LogP contribution >= 0.6 is 0 Å². The van der Waals surface area contributed by atoms with Crippen molar-refractivity contribution in [3.63, 3.8) is 0 Å². The standard InChI is InChI=1S/C17H15NO/c1-12-6-2-3-7-13(12)17(19)15-8-4-10-16-14(15)9-5-11-18-16/h2-11,17,19H,1H3. The maximum atomic E-state index is 10.6. The molecule has 0 aliphatic heterocycles. The van der Waals surface area contributed by atoms with Gasteiger partial charge in [-0.05, 0) is 35.7 Å². The molecule has 0 spiro atoms. The van der Waals surface area contributed by atoms with Crippen molar-refractivity contribution in [3.05, 3.63) is 77.5 Å². The Balaban J connectivity index is 2.17. The van der Waals surface area contributed by atoms with Crippen LogP contribution in [0, 0.1) is 6.92 Å². The molecular weight excluding hydrogens is 234 g/mol. The minimum atomic E-state index is -0.617. The average molecular weight is 249 g/mol. The summed E-state index contributed by atoms with van der Waals surface area (Å²) in [6, 6.07) is 17.7. The summed E-state index contributed by atoms with van der Waals surface area (Å²) in [6.45, 7) is 2.02. The third kappa shape index (κ3) is 2.11. The minimum absolute atomic E-state index is 0.617. The van der Waals surface area contributed by atoms with Gasteiger partial charge in [0.1, 0.15) is 6.10 Å². The van der Waals surface area contributed by atoms with Crippen LogP contribution in [0.25, 0.3) is 10.9 Å². The van der Waals surface area contributed by atoms with Crippen molar-refractivity contribution in [2.45, 2.75) is 13.0 Å². The van der Waals surface area contributed by atoms with Crippen LogP contribution in [0.15, 0.2) is 60.8 Å². The van der Waals surface area contributed by atoms with Gasteiger partial charge in [-0.2, -0.15) is 0 Å². The predicted molar refractivity (Wildman–Crippen MR) is 77.0 cm³/mol. The number of pyridine rings is 1. The maximum absolute atomic E-state index is 10.6. The van der Waals surface area contributed by atoms with E-state index in [1.54, 1.807) is 6.20 Å². The Labute approximate surface area is 112 Å². The second-order valence-electron chi connectivity index (χ2n) is 4.68. The highest BCUT2D eigenvalue weighted by molar-refractivity contribution is 5.82. The van der Waals surface area contributed by atoms with E-state index in [0.717, 1.165) is 27.6 Å². The number of hydrogen-bond donors (Lipinski definition) is 1. The Kier molecular flexibility index (Phi) is 3.02. The highest BCUT2D eigenvalue weighted by Crippen LogP contribution is 2.29. The molecule has 1 atom stereocenters. The van der Waals surface area contributed by atoms with Crippen LogP contribution in [0.5, 0.6) is 0 Å². The van der Waals surface area contributed by atoms with Gasteiger partial charge in [0.15, 0.2) is 0 Å². The van der Waals surface area contributed by atoms with Gasteiger partial charge in [-0.1, -0.05) is 42.5 Å². The van der Waals surface area contributed by atoms with Crippen LogP contribution in [0.1, 0.15) is 22.8 Å². The molecule has 0 saturated heterocycles. The molecule has 2 nitrogen and oxygen atoms in total. The van der Waals surface area contributed by atoms with Crippen molar-refractivity contribution in [2.24, 2.45) is 0 Å². The van der Waals surface area contributed by atoms with Crippen LogP contribution in [-0.4, -0.2) is 10.1 Å². The first-order valence-electron chi connectivity index (χ1n) is 6.34. The van der Waals surface area contributed by atoms with Crippen LogP contribution < -0.4 is 0 Å². The number of aromatic nitrogens is 1. The lowest BCUT2D eigenvalue weighted by Crippen LogP contribution is -2.02. The summed E-state index contributed by atoms with van der Waals surface area (Å²) in [5, 5.41) is 11.6. The number of aliphatic hydroxyl groups is 1. The summed E-state index contributed by atoms with van der Waals surface area (Å²) in [4.78, 5) is 4.33. The molecule has 0 aliphatic rings. The first-order valence-corrected chi connectivity index (χ1v) is 6.34. The van der Waals surface area contributed by atoms with E-state index in [1.807, 2.05) is 61.5 Å². The molecule has 1 N–H and O–H groups in total. The van der Waals surface area contributed by atoms with Crippen LogP contribution in [0.2, 0.25) is 0 Å². The van der Waals surface area contributed by atoms with Crippen molar-refractivity contribution in [1.82, 2.24) is 4.98 Å². The fourth-order valence-electron chi connectivity index (χ4n) is 2.43. The first kappa shape index (κ1) is 11.9. The lowest BCUT2D eigenvalue weighted by molar-refractivity contribution is 0.221.